The molecule has 0 saturated heterocycles. The molecule has 0 spiro atoms. The van der Waals surface area contributed by atoms with Gasteiger partial charge >= 0.3 is 0 Å². The minimum atomic E-state index is -0.246. The van der Waals surface area contributed by atoms with Crippen LogP contribution in [0.4, 0.5) is 15.8 Å². The second kappa shape index (κ2) is 6.53. The first kappa shape index (κ1) is 14.5. The first-order chi connectivity index (χ1) is 9.60. The van der Waals surface area contributed by atoms with Gasteiger partial charge in [-0.25, -0.2) is 4.39 Å². The van der Waals surface area contributed by atoms with Crippen molar-refractivity contribution in [1.82, 2.24) is 0 Å². The third-order valence-corrected chi connectivity index (χ3v) is 3.32. The fourth-order valence-electron chi connectivity index (χ4n) is 2.09. The fraction of sp³-hybridized carbons (Fsp3) is 0.294. The molecule has 0 saturated carbocycles. The van der Waals surface area contributed by atoms with E-state index in [4.69, 9.17) is 5.73 Å². The molecule has 0 aliphatic carbocycles. The van der Waals surface area contributed by atoms with E-state index in [0.29, 0.717) is 24.6 Å². The summed E-state index contributed by atoms with van der Waals surface area (Å²) < 4.78 is 14.0. The van der Waals surface area contributed by atoms with Gasteiger partial charge in [-0.15, -0.1) is 0 Å². The van der Waals surface area contributed by atoms with Crippen molar-refractivity contribution < 1.29 is 4.39 Å². The zero-order valence-electron chi connectivity index (χ0n) is 12.0. The molecule has 2 nitrogen and oxygen atoms in total. The monoisotopic (exact) mass is 272 g/mol. The Morgan fingerprint density at radius 1 is 1.10 bits per heavy atom. The van der Waals surface area contributed by atoms with Crippen LogP contribution in [0.3, 0.4) is 0 Å². The van der Waals surface area contributed by atoms with Crippen LogP contribution >= 0.6 is 0 Å². The van der Waals surface area contributed by atoms with Crippen molar-refractivity contribution in [2.45, 2.75) is 26.2 Å². The Kier molecular flexibility index (Phi) is 4.74. The SMILES string of the molecule is CC(C)c1ccc(Nc2ccc(CCN)cc2F)cc1. The van der Waals surface area contributed by atoms with Gasteiger partial charge in [0.25, 0.3) is 0 Å². The molecule has 20 heavy (non-hydrogen) atoms. The topological polar surface area (TPSA) is 38.0 Å². The number of hydrogen-bond acceptors (Lipinski definition) is 2. The van der Waals surface area contributed by atoms with Gasteiger partial charge in [0.1, 0.15) is 5.82 Å². The maximum Gasteiger partial charge on any atom is 0.146 e. The van der Waals surface area contributed by atoms with Crippen LogP contribution in [0.2, 0.25) is 0 Å². The lowest BCUT2D eigenvalue weighted by Gasteiger charge is -2.11. The zero-order chi connectivity index (χ0) is 14.5. The summed E-state index contributed by atoms with van der Waals surface area (Å²) in [5.41, 5.74) is 9.04. The van der Waals surface area contributed by atoms with Crippen LogP contribution in [-0.4, -0.2) is 6.54 Å². The van der Waals surface area contributed by atoms with E-state index in [9.17, 15) is 4.39 Å². The van der Waals surface area contributed by atoms with Crippen LogP contribution < -0.4 is 11.1 Å². The van der Waals surface area contributed by atoms with Crippen LogP contribution in [0.5, 0.6) is 0 Å². The number of rotatable bonds is 5. The number of anilines is 2. The van der Waals surface area contributed by atoms with E-state index in [1.54, 1.807) is 6.07 Å². The number of nitrogens with one attached hydrogen (secondary N) is 1. The van der Waals surface area contributed by atoms with E-state index in [-0.39, 0.29) is 5.82 Å². The second-order valence-corrected chi connectivity index (χ2v) is 5.25. The Bertz CT molecular complexity index is 562. The molecule has 0 aliphatic heterocycles. The van der Waals surface area contributed by atoms with E-state index in [0.717, 1.165) is 11.3 Å². The predicted molar refractivity (Wildman–Crippen MR) is 83.0 cm³/mol. The summed E-state index contributed by atoms with van der Waals surface area (Å²) in [7, 11) is 0. The highest BCUT2D eigenvalue weighted by Crippen LogP contribution is 2.23. The lowest BCUT2D eigenvalue weighted by molar-refractivity contribution is 0.629. The Balaban J connectivity index is 2.13. The minimum absolute atomic E-state index is 0.246. The predicted octanol–water partition coefficient (Wildman–Crippen LogP) is 4.19. The van der Waals surface area contributed by atoms with Gasteiger partial charge in [0.15, 0.2) is 0 Å². The largest absolute Gasteiger partial charge is 0.353 e. The average Bonchev–Trinajstić information content (AvgIpc) is 2.43. The van der Waals surface area contributed by atoms with Gasteiger partial charge in [-0.05, 0) is 54.3 Å². The molecule has 2 rings (SSSR count). The molecule has 0 aliphatic rings. The summed E-state index contributed by atoms with van der Waals surface area (Å²) in [5, 5.41) is 3.10. The molecule has 0 atom stereocenters. The minimum Gasteiger partial charge on any atom is -0.353 e. The summed E-state index contributed by atoms with van der Waals surface area (Å²) in [6.45, 7) is 4.83. The highest BCUT2D eigenvalue weighted by Gasteiger charge is 2.04. The van der Waals surface area contributed by atoms with Crippen molar-refractivity contribution in [3.05, 3.63) is 59.4 Å². The number of halogens is 1. The van der Waals surface area contributed by atoms with Gasteiger partial charge in [0, 0.05) is 5.69 Å². The first-order valence-electron chi connectivity index (χ1n) is 6.95. The Morgan fingerprint density at radius 3 is 2.35 bits per heavy atom. The van der Waals surface area contributed by atoms with Crippen LogP contribution in [0, 0.1) is 5.82 Å². The zero-order valence-corrected chi connectivity index (χ0v) is 12.0. The number of nitrogens with two attached hydrogens (primary N) is 1. The molecule has 0 fully saturated rings. The van der Waals surface area contributed by atoms with Gasteiger partial charge in [0.2, 0.25) is 0 Å². The molecule has 0 amide bonds. The quantitative estimate of drug-likeness (QED) is 0.856. The first-order valence-corrected chi connectivity index (χ1v) is 6.95. The van der Waals surface area contributed by atoms with Crippen molar-refractivity contribution >= 4 is 11.4 Å². The fourth-order valence-corrected chi connectivity index (χ4v) is 2.09. The van der Waals surface area contributed by atoms with E-state index in [1.165, 1.54) is 11.6 Å². The molecule has 0 heterocycles. The van der Waals surface area contributed by atoms with Crippen LogP contribution in [0.25, 0.3) is 0 Å². The van der Waals surface area contributed by atoms with Gasteiger partial charge in [-0.1, -0.05) is 32.0 Å². The molecule has 0 unspecified atom stereocenters. The van der Waals surface area contributed by atoms with Crippen LogP contribution in [0.1, 0.15) is 30.9 Å². The summed E-state index contributed by atoms with van der Waals surface area (Å²) in [6.07, 6.45) is 0.695. The molecule has 106 valence electrons. The molecule has 2 aromatic carbocycles. The molecule has 0 aromatic heterocycles. The highest BCUT2D eigenvalue weighted by molar-refractivity contribution is 5.60. The van der Waals surface area contributed by atoms with Crippen molar-refractivity contribution in [2.75, 3.05) is 11.9 Å². The number of hydrogen-bond donors (Lipinski definition) is 2. The maximum absolute atomic E-state index is 14.0. The number of benzene rings is 2. The molecule has 0 radical (unpaired) electrons. The van der Waals surface area contributed by atoms with Gasteiger partial charge in [0.05, 0.1) is 5.69 Å². The van der Waals surface area contributed by atoms with E-state index < -0.39 is 0 Å². The lowest BCUT2D eigenvalue weighted by Crippen LogP contribution is -2.03. The van der Waals surface area contributed by atoms with Crippen molar-refractivity contribution in [3.8, 4) is 0 Å². The Morgan fingerprint density at radius 2 is 1.80 bits per heavy atom. The molecule has 0 bridgehead atoms. The van der Waals surface area contributed by atoms with Crippen LogP contribution in [-0.2, 0) is 6.42 Å². The van der Waals surface area contributed by atoms with E-state index >= 15 is 0 Å². The average molecular weight is 272 g/mol. The normalized spacial score (nSPS) is 10.8. The Labute approximate surface area is 119 Å². The van der Waals surface area contributed by atoms with Crippen molar-refractivity contribution in [2.24, 2.45) is 5.73 Å². The molecule has 2 aromatic rings. The van der Waals surface area contributed by atoms with E-state index in [2.05, 4.69) is 31.3 Å². The van der Waals surface area contributed by atoms with E-state index in [1.807, 2.05) is 18.2 Å². The molecular weight excluding hydrogens is 251 g/mol. The standard InChI is InChI=1S/C17H21FN2/c1-12(2)14-4-6-15(7-5-14)20-17-8-3-13(9-10-19)11-16(17)18/h3-8,11-12,20H,9-10,19H2,1-2H3. The van der Waals surface area contributed by atoms with Crippen molar-refractivity contribution in [3.63, 3.8) is 0 Å². The molecular formula is C17H21FN2. The summed E-state index contributed by atoms with van der Waals surface area (Å²) in [5.74, 6) is 0.250. The molecule has 3 heteroatoms. The summed E-state index contributed by atoms with van der Waals surface area (Å²) in [4.78, 5) is 0. The Hall–Kier alpha value is -1.87. The molecule has 3 N–H and O–H groups in total. The van der Waals surface area contributed by atoms with Crippen molar-refractivity contribution in [1.29, 1.82) is 0 Å². The smallest absolute Gasteiger partial charge is 0.146 e. The third-order valence-electron chi connectivity index (χ3n) is 3.32. The third kappa shape index (κ3) is 3.58. The van der Waals surface area contributed by atoms with Gasteiger partial charge < -0.3 is 11.1 Å². The van der Waals surface area contributed by atoms with Gasteiger partial charge in [-0.2, -0.15) is 0 Å². The second-order valence-electron chi connectivity index (χ2n) is 5.25. The summed E-state index contributed by atoms with van der Waals surface area (Å²) >= 11 is 0. The van der Waals surface area contributed by atoms with Crippen LogP contribution in [0.15, 0.2) is 42.5 Å². The summed E-state index contributed by atoms with van der Waals surface area (Å²) in [6, 6.07) is 13.3. The highest BCUT2D eigenvalue weighted by atomic mass is 19.1. The van der Waals surface area contributed by atoms with Gasteiger partial charge in [-0.3, -0.25) is 0 Å². The lowest BCUT2D eigenvalue weighted by atomic mass is 10.0. The maximum atomic E-state index is 14.0.